The number of methoxy groups -OCH3 is 1. The van der Waals surface area contributed by atoms with Crippen LogP contribution >= 0.6 is 23.1 Å². The molecule has 0 spiro atoms. The minimum absolute atomic E-state index is 0.0272. The van der Waals surface area contributed by atoms with Crippen LogP contribution in [0.5, 0.6) is 17.4 Å². The number of rotatable bonds is 16. The van der Waals surface area contributed by atoms with Gasteiger partial charge in [0.25, 0.3) is 0 Å². The number of aliphatic carboxylic acids is 1. The maximum absolute atomic E-state index is 14.2. The van der Waals surface area contributed by atoms with Gasteiger partial charge in [-0.2, -0.15) is 4.37 Å². The first kappa shape index (κ1) is 42.8. The molecule has 3 aromatic carbocycles. The number of allylic oxidation sites excluding steroid dienone is 4. The van der Waals surface area contributed by atoms with Gasteiger partial charge in [-0.05, 0) is 135 Å². The van der Waals surface area contributed by atoms with Crippen molar-refractivity contribution in [1.82, 2.24) is 24.2 Å². The summed E-state index contributed by atoms with van der Waals surface area (Å²) in [6, 6.07) is 22.7. The third-order valence-corrected chi connectivity index (χ3v) is 12.8. The molecule has 8 rings (SSSR count). The largest absolute Gasteiger partial charge is 0.496 e. The molecule has 0 bridgehead atoms. The Balaban J connectivity index is 1.08. The number of halogens is 2. The van der Waals surface area contributed by atoms with Gasteiger partial charge in [-0.1, -0.05) is 41.9 Å². The van der Waals surface area contributed by atoms with Crippen LogP contribution < -0.4 is 14.2 Å². The van der Waals surface area contributed by atoms with Crippen molar-refractivity contribution in [3.05, 3.63) is 130 Å². The van der Waals surface area contributed by atoms with E-state index in [2.05, 4.69) is 21.3 Å². The van der Waals surface area contributed by atoms with Crippen molar-refractivity contribution in [1.29, 1.82) is 0 Å². The SMILES string of the molecule is COc1ccccc1-c1nccc(COc2ccccc2C[C@@H](Oc2nsc3cnc(-c4ccc(F)cc4)c(C4=C(C)C(Cl)=C(OCCC5CCN(C)CC5)CC4)c23)C(=O)O)n1. The van der Waals surface area contributed by atoms with Crippen LogP contribution in [0, 0.1) is 11.7 Å². The number of hydrogen-bond acceptors (Lipinski definition) is 11. The van der Waals surface area contributed by atoms with Crippen LogP contribution in [0.25, 0.3) is 38.3 Å². The van der Waals surface area contributed by atoms with Crippen LogP contribution in [0.4, 0.5) is 4.39 Å². The number of fused-ring (bicyclic) bond motifs is 1. The summed E-state index contributed by atoms with van der Waals surface area (Å²) in [6.45, 7) is 4.87. The summed E-state index contributed by atoms with van der Waals surface area (Å²) < 4.78 is 44.1. The molecule has 6 aromatic rings. The Morgan fingerprint density at radius 3 is 2.52 bits per heavy atom. The average molecular weight is 876 g/mol. The number of ether oxygens (including phenoxy) is 4. The highest BCUT2D eigenvalue weighted by Gasteiger charge is 2.30. The lowest BCUT2D eigenvalue weighted by Gasteiger charge is -2.29. The summed E-state index contributed by atoms with van der Waals surface area (Å²) >= 11 is 8.29. The summed E-state index contributed by atoms with van der Waals surface area (Å²) in [5, 5.41) is 11.8. The number of aromatic nitrogens is 4. The number of benzene rings is 3. The number of carboxylic acid groups (broad SMARTS) is 1. The summed E-state index contributed by atoms with van der Waals surface area (Å²) in [5.41, 5.74) is 5.70. The van der Waals surface area contributed by atoms with Gasteiger partial charge in [0.05, 0.1) is 45.8 Å². The second-order valence-corrected chi connectivity index (χ2v) is 16.7. The molecule has 3 aromatic heterocycles. The zero-order valence-electron chi connectivity index (χ0n) is 34.8. The van der Waals surface area contributed by atoms with E-state index in [1.165, 1.54) is 23.7 Å². The Hall–Kier alpha value is -5.89. The maximum atomic E-state index is 14.2. The monoisotopic (exact) mass is 875 g/mol. The third-order valence-electron chi connectivity index (χ3n) is 11.5. The van der Waals surface area contributed by atoms with Gasteiger partial charge in [-0.15, -0.1) is 0 Å². The number of pyridine rings is 1. The number of carboxylic acids is 1. The summed E-state index contributed by atoms with van der Waals surface area (Å²) in [4.78, 5) is 29.4. The fourth-order valence-electron chi connectivity index (χ4n) is 8.05. The van der Waals surface area contributed by atoms with Crippen molar-refractivity contribution in [2.45, 2.75) is 58.2 Å². The van der Waals surface area contributed by atoms with E-state index in [0.29, 0.717) is 85.9 Å². The lowest BCUT2D eigenvalue weighted by atomic mass is 9.87. The molecule has 0 amide bonds. The molecule has 0 radical (unpaired) electrons. The van der Waals surface area contributed by atoms with Crippen molar-refractivity contribution in [2.75, 3.05) is 33.9 Å². The number of para-hydroxylation sites is 2. The topological polar surface area (TPSA) is 129 Å². The second kappa shape index (κ2) is 19.4. The summed E-state index contributed by atoms with van der Waals surface area (Å²) in [5.74, 6) is 1.63. The molecule has 62 heavy (non-hydrogen) atoms. The van der Waals surface area contributed by atoms with Crippen molar-refractivity contribution in [3.63, 3.8) is 0 Å². The molecule has 14 heteroatoms. The minimum Gasteiger partial charge on any atom is -0.496 e. The fourth-order valence-corrected chi connectivity index (χ4v) is 9.01. The van der Waals surface area contributed by atoms with Gasteiger partial charge < -0.3 is 29.0 Å². The lowest BCUT2D eigenvalue weighted by molar-refractivity contribution is -0.145. The zero-order valence-corrected chi connectivity index (χ0v) is 36.3. The van der Waals surface area contributed by atoms with Crippen LogP contribution in [0.1, 0.15) is 55.8 Å². The van der Waals surface area contributed by atoms with E-state index in [1.807, 2.05) is 49.4 Å². The van der Waals surface area contributed by atoms with E-state index in [-0.39, 0.29) is 24.7 Å². The van der Waals surface area contributed by atoms with E-state index in [9.17, 15) is 14.3 Å². The Morgan fingerprint density at radius 1 is 0.984 bits per heavy atom. The predicted molar refractivity (Wildman–Crippen MR) is 239 cm³/mol. The molecular formula is C48H47ClFN5O6S. The van der Waals surface area contributed by atoms with Gasteiger partial charge in [-0.3, -0.25) is 4.98 Å². The number of nitrogens with zero attached hydrogens (tertiary/aromatic N) is 5. The molecule has 11 nitrogen and oxygen atoms in total. The van der Waals surface area contributed by atoms with Crippen molar-refractivity contribution < 1.29 is 33.2 Å². The quantitative estimate of drug-likeness (QED) is 0.0998. The van der Waals surface area contributed by atoms with Gasteiger partial charge in [0, 0.05) is 36.4 Å². The first-order valence-corrected chi connectivity index (χ1v) is 21.8. The average Bonchev–Trinajstić information content (AvgIpc) is 3.70. The highest BCUT2D eigenvalue weighted by molar-refractivity contribution is 7.13. The zero-order chi connectivity index (χ0) is 43.2. The van der Waals surface area contributed by atoms with Crippen molar-refractivity contribution in [2.24, 2.45) is 5.92 Å². The molecular weight excluding hydrogens is 829 g/mol. The van der Waals surface area contributed by atoms with Gasteiger partial charge in [0.15, 0.2) is 5.82 Å². The van der Waals surface area contributed by atoms with Crippen LogP contribution in [-0.2, 0) is 22.6 Å². The van der Waals surface area contributed by atoms with Crippen molar-refractivity contribution in [3.8, 4) is 40.0 Å². The van der Waals surface area contributed by atoms with E-state index >= 15 is 0 Å². The molecule has 1 atom stereocenters. The van der Waals surface area contributed by atoms with E-state index < -0.39 is 12.1 Å². The maximum Gasteiger partial charge on any atom is 0.345 e. The Labute approximate surface area is 369 Å². The van der Waals surface area contributed by atoms with E-state index in [4.69, 9.17) is 40.5 Å². The Kier molecular flexibility index (Phi) is 13.4. The Morgan fingerprint density at radius 2 is 1.74 bits per heavy atom. The Bertz CT molecular complexity index is 2630. The van der Waals surface area contributed by atoms with Crippen LogP contribution in [-0.4, -0.2) is 75.3 Å². The molecule has 320 valence electrons. The number of hydrogen-bond donors (Lipinski definition) is 1. The second-order valence-electron chi connectivity index (χ2n) is 15.6. The van der Waals surface area contributed by atoms with Gasteiger partial charge >= 0.3 is 5.97 Å². The number of piperidine rings is 1. The van der Waals surface area contributed by atoms with Gasteiger partial charge in [0.1, 0.15) is 29.7 Å². The smallest absolute Gasteiger partial charge is 0.345 e. The third kappa shape index (κ3) is 9.60. The number of likely N-dealkylation sites (tertiary alicyclic amines) is 1. The molecule has 2 aliphatic rings. The van der Waals surface area contributed by atoms with Crippen LogP contribution in [0.3, 0.4) is 0 Å². The first-order chi connectivity index (χ1) is 30.2. The standard InChI is InChI=1S/C48H47ClFN5O6S/c1-29-35(16-17-39(44(29)49)59-25-21-30-19-23-55(2)24-20-30)42-43-41(27-52-45(42)31-12-14-33(50)15-13-31)62-54-47(43)61-40(48(56)57)26-32-8-4-6-10-37(32)60-28-34-18-22-51-46(53-34)36-9-5-7-11-38(36)58-3/h4-15,18,22,27,30,40H,16-17,19-21,23-26,28H2,1-3H3,(H,56,57)/t40-/m1/s1. The van der Waals surface area contributed by atoms with Gasteiger partial charge in [-0.25, -0.2) is 19.2 Å². The highest BCUT2D eigenvalue weighted by atomic mass is 35.5. The molecule has 1 aliphatic carbocycles. The normalized spacial score (nSPS) is 15.5. The van der Waals surface area contributed by atoms with Crippen LogP contribution in [0.2, 0.25) is 0 Å². The van der Waals surface area contributed by atoms with E-state index in [0.717, 1.165) is 54.8 Å². The van der Waals surface area contributed by atoms with Crippen molar-refractivity contribution >= 4 is 44.8 Å². The molecule has 1 aliphatic heterocycles. The molecule has 0 saturated carbocycles. The summed E-state index contributed by atoms with van der Waals surface area (Å²) in [6.07, 6.45) is 6.44. The minimum atomic E-state index is -1.34. The first-order valence-electron chi connectivity index (χ1n) is 20.7. The molecule has 1 N–H and O–H groups in total. The van der Waals surface area contributed by atoms with Gasteiger partial charge in [0.2, 0.25) is 12.0 Å². The fraction of sp³-hybridized carbons (Fsp3) is 0.312. The highest BCUT2D eigenvalue weighted by Crippen LogP contribution is 2.47. The summed E-state index contributed by atoms with van der Waals surface area (Å²) in [7, 11) is 3.76. The molecule has 1 saturated heterocycles. The lowest BCUT2D eigenvalue weighted by Crippen LogP contribution is -2.30. The molecule has 1 fully saturated rings. The van der Waals surface area contributed by atoms with E-state index in [1.54, 1.807) is 43.8 Å². The van der Waals surface area contributed by atoms with Crippen LogP contribution in [0.15, 0.2) is 108 Å². The number of carbonyl (C=O) groups is 1. The predicted octanol–water partition coefficient (Wildman–Crippen LogP) is 10.4. The molecule has 0 unspecified atom stereocenters. The molecule has 4 heterocycles.